The summed E-state index contributed by atoms with van der Waals surface area (Å²) in [5.41, 5.74) is 2.94. The summed E-state index contributed by atoms with van der Waals surface area (Å²) < 4.78 is 14.9. The lowest BCUT2D eigenvalue weighted by atomic mass is 10.0. The van der Waals surface area contributed by atoms with Crippen LogP contribution >= 0.6 is 0 Å². The predicted molar refractivity (Wildman–Crippen MR) is 227 cm³/mol. The van der Waals surface area contributed by atoms with Crippen molar-refractivity contribution in [1.29, 1.82) is 0 Å². The first-order chi connectivity index (χ1) is 29.3. The number of aromatic nitrogens is 2. The number of imidazole rings is 1. The molecule has 4 atom stereocenters. The number of methoxy groups -OCH3 is 2. The van der Waals surface area contributed by atoms with Crippen molar-refractivity contribution in [2.24, 2.45) is 11.8 Å². The van der Waals surface area contributed by atoms with Crippen LogP contribution in [0.4, 0.5) is 14.4 Å². The Bertz CT molecular complexity index is 2110. The third kappa shape index (κ3) is 11.3. The molecule has 1 aromatic heterocycles. The zero-order chi connectivity index (χ0) is 45.5. The fourth-order valence-corrected chi connectivity index (χ4v) is 7.36. The van der Waals surface area contributed by atoms with E-state index in [2.05, 4.69) is 25.9 Å². The van der Waals surface area contributed by atoms with Crippen LogP contribution in [0.3, 0.4) is 0 Å². The molecule has 0 unspecified atom stereocenters. The van der Waals surface area contributed by atoms with Crippen molar-refractivity contribution in [2.75, 3.05) is 40.5 Å². The molecule has 62 heavy (non-hydrogen) atoms. The minimum absolute atomic E-state index is 0.142. The van der Waals surface area contributed by atoms with Gasteiger partial charge in [0.1, 0.15) is 36.2 Å². The van der Waals surface area contributed by atoms with Crippen molar-refractivity contribution >= 4 is 41.8 Å². The lowest BCUT2D eigenvalue weighted by Crippen LogP contribution is -2.56. The average Bonchev–Trinajstić information content (AvgIpc) is 4.03. The first-order valence-corrected chi connectivity index (χ1v) is 20.7. The standard InChI is InChI=1S/C44H58N8O10/c1-25(2)35(48-41(57)60-8)39(55)51-20-10-11-32(51)37-45-21-31(47-37)29-16-12-27(13-17-29)28-14-18-30(19-15-28)34(53)22-46-38(54)33-23-50(43(59)62-44(5,6)7)24-52(33)40(56)36(26(3)4)49-42(58)61-9/h12-19,21,25-26,32-33,35-36H,10-11,20,22-24H2,1-9H3,(H,45,47)(H,46,54)(H,48,57)(H,49,58)/t32-,33-,35-,36-/m0/s1. The van der Waals surface area contributed by atoms with Gasteiger partial charge in [-0.1, -0.05) is 76.2 Å². The lowest BCUT2D eigenvalue weighted by Gasteiger charge is -2.30. The molecular weight excluding hydrogens is 801 g/mol. The molecule has 0 radical (unpaired) electrons. The number of amides is 6. The van der Waals surface area contributed by atoms with Crippen molar-refractivity contribution < 1.29 is 47.8 Å². The van der Waals surface area contributed by atoms with Crippen molar-refractivity contribution in [2.45, 2.75) is 91.1 Å². The van der Waals surface area contributed by atoms with Crippen LogP contribution < -0.4 is 16.0 Å². The molecule has 3 heterocycles. The molecule has 3 aromatic rings. The third-order valence-corrected chi connectivity index (χ3v) is 10.7. The highest BCUT2D eigenvalue weighted by Gasteiger charge is 2.45. The molecule has 4 N–H and O–H groups in total. The van der Waals surface area contributed by atoms with E-state index in [1.54, 1.807) is 70.0 Å². The molecule has 2 fully saturated rings. The van der Waals surface area contributed by atoms with Crippen LogP contribution in [0.5, 0.6) is 0 Å². The maximum absolute atomic E-state index is 13.8. The third-order valence-electron chi connectivity index (χ3n) is 10.7. The molecule has 2 aromatic carbocycles. The van der Waals surface area contributed by atoms with E-state index < -0.39 is 53.8 Å². The Hall–Kier alpha value is -6.46. The number of Topliss-reactive ketones (excluding diaryl/α,β-unsaturated/α-hetero) is 1. The molecule has 0 aliphatic carbocycles. The van der Waals surface area contributed by atoms with Crippen LogP contribution in [0, 0.1) is 11.8 Å². The molecule has 6 amide bonds. The molecule has 334 valence electrons. The van der Waals surface area contributed by atoms with Gasteiger partial charge in [0.15, 0.2) is 5.78 Å². The van der Waals surface area contributed by atoms with E-state index in [0.717, 1.165) is 35.2 Å². The van der Waals surface area contributed by atoms with Crippen LogP contribution in [0.1, 0.15) is 83.5 Å². The number of ketones is 1. The molecule has 0 spiro atoms. The average molecular weight is 859 g/mol. The fraction of sp³-hybridized carbons (Fsp3) is 0.500. The largest absolute Gasteiger partial charge is 0.453 e. The summed E-state index contributed by atoms with van der Waals surface area (Å²) >= 11 is 0. The first-order valence-electron chi connectivity index (χ1n) is 20.7. The fourth-order valence-electron chi connectivity index (χ4n) is 7.36. The van der Waals surface area contributed by atoms with Gasteiger partial charge in [-0.25, -0.2) is 19.4 Å². The Balaban J connectivity index is 1.22. The Kier molecular flexibility index (Phi) is 15.0. The van der Waals surface area contributed by atoms with Crippen molar-refractivity contribution in [3.63, 3.8) is 0 Å². The van der Waals surface area contributed by atoms with E-state index in [4.69, 9.17) is 14.2 Å². The summed E-state index contributed by atoms with van der Waals surface area (Å²) in [6.07, 6.45) is 1.07. The summed E-state index contributed by atoms with van der Waals surface area (Å²) in [6.45, 7) is 12.0. The van der Waals surface area contributed by atoms with E-state index in [0.29, 0.717) is 17.9 Å². The number of ether oxygens (including phenoxy) is 3. The molecule has 0 bridgehead atoms. The van der Waals surface area contributed by atoms with E-state index in [9.17, 15) is 33.6 Å². The molecule has 2 aliphatic rings. The van der Waals surface area contributed by atoms with Gasteiger partial charge in [-0.15, -0.1) is 0 Å². The molecule has 2 aliphatic heterocycles. The second kappa shape index (κ2) is 19.9. The Labute approximate surface area is 361 Å². The van der Waals surface area contributed by atoms with Gasteiger partial charge < -0.3 is 44.9 Å². The number of aromatic amines is 1. The minimum atomic E-state index is -1.16. The number of carbonyl (C=O) groups excluding carboxylic acids is 7. The van der Waals surface area contributed by atoms with Crippen molar-refractivity contribution in [3.05, 3.63) is 66.1 Å². The van der Waals surface area contributed by atoms with Gasteiger partial charge >= 0.3 is 18.3 Å². The highest BCUT2D eigenvalue weighted by atomic mass is 16.6. The van der Waals surface area contributed by atoms with Crippen LogP contribution in [0.2, 0.25) is 0 Å². The summed E-state index contributed by atoms with van der Waals surface area (Å²) in [7, 11) is 2.44. The summed E-state index contributed by atoms with van der Waals surface area (Å²) in [6, 6.07) is 11.5. The summed E-state index contributed by atoms with van der Waals surface area (Å²) in [5, 5.41) is 7.80. The molecule has 2 saturated heterocycles. The number of benzene rings is 2. The Morgan fingerprint density at radius 1 is 0.790 bits per heavy atom. The maximum atomic E-state index is 13.8. The van der Waals surface area contributed by atoms with Gasteiger partial charge in [-0.05, 0) is 62.1 Å². The normalized spacial score (nSPS) is 17.4. The number of likely N-dealkylation sites (tertiary alicyclic amines) is 1. The number of carbonyl (C=O) groups is 7. The zero-order valence-corrected chi connectivity index (χ0v) is 36.8. The summed E-state index contributed by atoms with van der Waals surface area (Å²) in [4.78, 5) is 103. The first kappa shape index (κ1) is 46.6. The summed E-state index contributed by atoms with van der Waals surface area (Å²) in [5.74, 6) is -1.67. The van der Waals surface area contributed by atoms with Gasteiger partial charge in [-0.2, -0.15) is 0 Å². The van der Waals surface area contributed by atoms with Crippen LogP contribution in [0.25, 0.3) is 22.4 Å². The lowest BCUT2D eigenvalue weighted by molar-refractivity contribution is -0.140. The monoisotopic (exact) mass is 858 g/mol. The van der Waals surface area contributed by atoms with Crippen LogP contribution in [-0.2, 0) is 28.6 Å². The van der Waals surface area contributed by atoms with E-state index >= 15 is 0 Å². The highest BCUT2D eigenvalue weighted by molar-refractivity contribution is 6.01. The van der Waals surface area contributed by atoms with Crippen LogP contribution in [-0.4, -0.2) is 131 Å². The van der Waals surface area contributed by atoms with Gasteiger partial charge in [0.2, 0.25) is 17.7 Å². The SMILES string of the molecule is COC(=O)N[C@H](C(=O)N1CN(C(=O)OC(C)(C)C)C[C@H]1C(=O)NCC(=O)c1ccc(-c2ccc(-c3cnc([C@@H]4CCCN4C(=O)[C@@H](NC(=O)OC)C(C)C)[nH]3)cc2)cc1)C(C)C. The number of hydrogen-bond donors (Lipinski definition) is 4. The van der Waals surface area contributed by atoms with E-state index in [1.165, 1.54) is 24.0 Å². The quantitative estimate of drug-likeness (QED) is 0.134. The second-order valence-corrected chi connectivity index (χ2v) is 17.1. The van der Waals surface area contributed by atoms with Crippen molar-refractivity contribution in [3.8, 4) is 22.4 Å². The number of hydrogen-bond acceptors (Lipinski definition) is 11. The Morgan fingerprint density at radius 3 is 1.85 bits per heavy atom. The molecule has 18 heteroatoms. The highest BCUT2D eigenvalue weighted by Crippen LogP contribution is 2.33. The maximum Gasteiger partial charge on any atom is 0.411 e. The number of alkyl carbamates (subject to hydrolysis) is 2. The molecular formula is C44H58N8O10. The Morgan fingerprint density at radius 2 is 1.32 bits per heavy atom. The van der Waals surface area contributed by atoms with Gasteiger partial charge in [0.05, 0.1) is 45.2 Å². The predicted octanol–water partition coefficient (Wildman–Crippen LogP) is 4.87. The topological polar surface area (TPSA) is 222 Å². The number of H-pyrrole nitrogens is 1. The van der Waals surface area contributed by atoms with E-state index in [1.807, 2.05) is 38.1 Å². The van der Waals surface area contributed by atoms with Crippen LogP contribution in [0.15, 0.2) is 54.7 Å². The van der Waals surface area contributed by atoms with Gasteiger partial charge in [0, 0.05) is 12.1 Å². The number of nitrogens with one attached hydrogen (secondary N) is 4. The van der Waals surface area contributed by atoms with Crippen molar-refractivity contribution in [1.82, 2.24) is 40.6 Å². The number of rotatable bonds is 13. The minimum Gasteiger partial charge on any atom is -0.453 e. The number of nitrogens with zero attached hydrogens (tertiary/aromatic N) is 4. The zero-order valence-electron chi connectivity index (χ0n) is 36.8. The van der Waals surface area contributed by atoms with Gasteiger partial charge in [-0.3, -0.25) is 24.1 Å². The van der Waals surface area contributed by atoms with Gasteiger partial charge in [0.25, 0.3) is 0 Å². The molecule has 0 saturated carbocycles. The molecule has 18 nitrogen and oxygen atoms in total. The smallest absolute Gasteiger partial charge is 0.411 e. The van der Waals surface area contributed by atoms with E-state index in [-0.39, 0.29) is 49.3 Å². The second-order valence-electron chi connectivity index (χ2n) is 17.1. The molecule has 5 rings (SSSR count).